The molecule has 2 heterocycles. The van der Waals surface area contributed by atoms with E-state index in [1.54, 1.807) is 24.4 Å². The molecule has 2 aromatic heterocycles. The number of aromatic amines is 1. The zero-order chi connectivity index (χ0) is 21.4. The van der Waals surface area contributed by atoms with Crippen molar-refractivity contribution in [2.24, 2.45) is 5.92 Å². The van der Waals surface area contributed by atoms with Crippen molar-refractivity contribution in [3.63, 3.8) is 0 Å². The van der Waals surface area contributed by atoms with Crippen molar-refractivity contribution in [2.75, 3.05) is 0 Å². The number of amides is 1. The van der Waals surface area contributed by atoms with Gasteiger partial charge in [-0.15, -0.1) is 0 Å². The predicted octanol–water partition coefficient (Wildman–Crippen LogP) is 3.25. The highest BCUT2D eigenvalue weighted by Crippen LogP contribution is 2.29. The number of imidazole rings is 1. The van der Waals surface area contributed by atoms with E-state index < -0.39 is 5.82 Å². The SMILES string of the molecule is O=C(NCc1ccccc1)C1CCc2[nH]c(=O)n3cc(-c4ccccc4F)nc3c2C1. The van der Waals surface area contributed by atoms with E-state index in [-0.39, 0.29) is 17.5 Å². The van der Waals surface area contributed by atoms with Crippen LogP contribution in [0.15, 0.2) is 65.6 Å². The first-order valence-electron chi connectivity index (χ1n) is 10.3. The summed E-state index contributed by atoms with van der Waals surface area (Å²) in [6.07, 6.45) is 3.27. The summed E-state index contributed by atoms with van der Waals surface area (Å²) in [5, 5.41) is 3.01. The van der Waals surface area contributed by atoms with Gasteiger partial charge in [0, 0.05) is 35.5 Å². The summed E-state index contributed by atoms with van der Waals surface area (Å²) in [5.74, 6) is -0.617. The number of nitrogens with one attached hydrogen (secondary N) is 2. The predicted molar refractivity (Wildman–Crippen MR) is 115 cm³/mol. The highest BCUT2D eigenvalue weighted by atomic mass is 19.1. The molecule has 0 bridgehead atoms. The van der Waals surface area contributed by atoms with E-state index in [1.807, 2.05) is 30.3 Å². The third-order valence-electron chi connectivity index (χ3n) is 5.84. The molecule has 7 heteroatoms. The second-order valence-electron chi connectivity index (χ2n) is 7.83. The smallest absolute Gasteiger partial charge is 0.331 e. The fraction of sp³-hybridized carbons (Fsp3) is 0.208. The van der Waals surface area contributed by atoms with Crippen molar-refractivity contribution in [1.29, 1.82) is 0 Å². The molecule has 156 valence electrons. The monoisotopic (exact) mass is 416 g/mol. The highest BCUT2D eigenvalue weighted by Gasteiger charge is 2.28. The van der Waals surface area contributed by atoms with E-state index in [1.165, 1.54) is 10.5 Å². The number of rotatable bonds is 4. The van der Waals surface area contributed by atoms with E-state index in [2.05, 4.69) is 15.3 Å². The van der Waals surface area contributed by atoms with Gasteiger partial charge in [0.1, 0.15) is 11.5 Å². The Hall–Kier alpha value is -3.74. The van der Waals surface area contributed by atoms with Gasteiger partial charge >= 0.3 is 5.69 Å². The molecule has 5 rings (SSSR count). The minimum Gasteiger partial charge on any atom is -0.352 e. The maximum absolute atomic E-state index is 14.2. The summed E-state index contributed by atoms with van der Waals surface area (Å²) in [6, 6.07) is 16.1. The van der Waals surface area contributed by atoms with E-state index in [0.717, 1.165) is 16.8 Å². The largest absolute Gasteiger partial charge is 0.352 e. The van der Waals surface area contributed by atoms with Crippen LogP contribution < -0.4 is 11.0 Å². The van der Waals surface area contributed by atoms with Crippen LogP contribution in [-0.2, 0) is 24.2 Å². The van der Waals surface area contributed by atoms with Gasteiger partial charge in [-0.25, -0.2) is 14.2 Å². The normalized spacial score (nSPS) is 15.6. The summed E-state index contributed by atoms with van der Waals surface area (Å²) in [5.41, 5.74) is 3.60. The molecule has 1 unspecified atom stereocenters. The summed E-state index contributed by atoms with van der Waals surface area (Å²) < 4.78 is 15.7. The van der Waals surface area contributed by atoms with Gasteiger partial charge in [-0.2, -0.15) is 0 Å². The van der Waals surface area contributed by atoms with Crippen molar-refractivity contribution in [2.45, 2.75) is 25.8 Å². The van der Waals surface area contributed by atoms with Crippen LogP contribution in [0.2, 0.25) is 0 Å². The van der Waals surface area contributed by atoms with Crippen LogP contribution in [0.25, 0.3) is 16.9 Å². The molecule has 31 heavy (non-hydrogen) atoms. The summed E-state index contributed by atoms with van der Waals surface area (Å²) >= 11 is 0. The molecule has 1 aliphatic rings. The van der Waals surface area contributed by atoms with Crippen LogP contribution in [0.4, 0.5) is 4.39 Å². The van der Waals surface area contributed by atoms with Gasteiger partial charge in [-0.05, 0) is 37.0 Å². The molecule has 0 saturated carbocycles. The molecule has 0 saturated heterocycles. The van der Waals surface area contributed by atoms with E-state index in [0.29, 0.717) is 42.7 Å². The topological polar surface area (TPSA) is 79.3 Å². The number of H-pyrrole nitrogens is 1. The Morgan fingerprint density at radius 1 is 1.16 bits per heavy atom. The number of benzene rings is 2. The van der Waals surface area contributed by atoms with E-state index in [4.69, 9.17) is 0 Å². The Morgan fingerprint density at radius 3 is 2.74 bits per heavy atom. The van der Waals surface area contributed by atoms with Gasteiger partial charge in [-0.1, -0.05) is 42.5 Å². The van der Waals surface area contributed by atoms with Crippen LogP contribution in [0.1, 0.15) is 23.2 Å². The second-order valence-corrected chi connectivity index (χ2v) is 7.83. The standard InChI is InChI=1S/C24H21FN4O2/c25-19-9-5-4-8-17(19)21-14-29-22(27-21)18-12-16(10-11-20(18)28-24(29)31)23(30)26-13-15-6-2-1-3-7-15/h1-9,14,16H,10-13H2,(H,26,30)(H,28,31). The van der Waals surface area contributed by atoms with Crippen molar-refractivity contribution in [1.82, 2.24) is 19.7 Å². The summed E-state index contributed by atoms with van der Waals surface area (Å²) in [7, 11) is 0. The van der Waals surface area contributed by atoms with Gasteiger partial charge in [0.05, 0.1) is 5.69 Å². The lowest BCUT2D eigenvalue weighted by Gasteiger charge is -2.23. The zero-order valence-corrected chi connectivity index (χ0v) is 16.8. The van der Waals surface area contributed by atoms with E-state index in [9.17, 15) is 14.0 Å². The quantitative estimate of drug-likeness (QED) is 0.536. The Kier molecular flexibility index (Phi) is 4.86. The number of fused-ring (bicyclic) bond motifs is 3. The molecule has 0 fully saturated rings. The van der Waals surface area contributed by atoms with Gasteiger partial charge in [0.2, 0.25) is 5.91 Å². The number of hydrogen-bond acceptors (Lipinski definition) is 3. The fourth-order valence-electron chi connectivity index (χ4n) is 4.19. The summed E-state index contributed by atoms with van der Waals surface area (Å²) in [6.45, 7) is 0.477. The third-order valence-corrected chi connectivity index (χ3v) is 5.84. The Morgan fingerprint density at radius 2 is 1.94 bits per heavy atom. The maximum atomic E-state index is 14.2. The number of halogens is 1. The minimum atomic E-state index is -0.394. The van der Waals surface area contributed by atoms with Crippen LogP contribution in [0.5, 0.6) is 0 Å². The molecule has 6 nitrogen and oxygen atoms in total. The number of carbonyl (C=O) groups is 1. The van der Waals surface area contributed by atoms with Crippen LogP contribution >= 0.6 is 0 Å². The number of aryl methyl sites for hydroxylation is 1. The first kappa shape index (κ1) is 19.2. The highest BCUT2D eigenvalue weighted by molar-refractivity contribution is 5.80. The fourth-order valence-corrected chi connectivity index (χ4v) is 4.19. The zero-order valence-electron chi connectivity index (χ0n) is 16.8. The van der Waals surface area contributed by atoms with Gasteiger partial charge in [0.25, 0.3) is 0 Å². The molecule has 0 spiro atoms. The van der Waals surface area contributed by atoms with Crippen molar-refractivity contribution >= 4 is 11.6 Å². The lowest BCUT2D eigenvalue weighted by atomic mass is 9.86. The van der Waals surface area contributed by atoms with E-state index >= 15 is 0 Å². The number of hydrogen-bond donors (Lipinski definition) is 2. The van der Waals surface area contributed by atoms with Crippen molar-refractivity contribution < 1.29 is 9.18 Å². The molecule has 0 aliphatic heterocycles. The number of aromatic nitrogens is 3. The lowest BCUT2D eigenvalue weighted by Crippen LogP contribution is -2.35. The number of carbonyl (C=O) groups excluding carboxylic acids is 1. The molecule has 2 N–H and O–H groups in total. The molecule has 1 aliphatic carbocycles. The van der Waals surface area contributed by atoms with Gasteiger partial charge < -0.3 is 10.3 Å². The molecular formula is C24H21FN4O2. The first-order chi connectivity index (χ1) is 15.1. The molecule has 4 aromatic rings. The Bertz CT molecular complexity index is 1330. The molecule has 2 aromatic carbocycles. The Labute approximate surface area is 177 Å². The van der Waals surface area contributed by atoms with Gasteiger partial charge in [0.15, 0.2) is 0 Å². The first-order valence-corrected chi connectivity index (χ1v) is 10.3. The second kappa shape index (κ2) is 7.83. The molecular weight excluding hydrogens is 395 g/mol. The minimum absolute atomic E-state index is 0.0141. The lowest BCUT2D eigenvalue weighted by molar-refractivity contribution is -0.125. The average Bonchev–Trinajstić information content (AvgIpc) is 3.24. The van der Waals surface area contributed by atoms with Crippen LogP contribution in [-0.4, -0.2) is 20.3 Å². The average molecular weight is 416 g/mol. The number of nitrogens with zero attached hydrogens (tertiary/aromatic N) is 2. The van der Waals surface area contributed by atoms with Crippen LogP contribution in [0, 0.1) is 11.7 Å². The van der Waals surface area contributed by atoms with Crippen molar-refractivity contribution in [3.8, 4) is 11.3 Å². The molecule has 1 atom stereocenters. The van der Waals surface area contributed by atoms with Crippen LogP contribution in [0.3, 0.4) is 0 Å². The molecule has 1 amide bonds. The summed E-state index contributed by atoms with van der Waals surface area (Å²) in [4.78, 5) is 32.8. The maximum Gasteiger partial charge on any atom is 0.331 e. The van der Waals surface area contributed by atoms with Gasteiger partial charge in [-0.3, -0.25) is 9.20 Å². The van der Waals surface area contributed by atoms with Crippen molar-refractivity contribution in [3.05, 3.63) is 93.9 Å². The molecule has 0 radical (unpaired) electrons. The third kappa shape index (κ3) is 3.63. The Balaban J connectivity index is 1.44.